The van der Waals surface area contributed by atoms with Gasteiger partial charge in [-0.3, -0.25) is 9.69 Å². The maximum Gasteiger partial charge on any atom is 0.238 e. The molecule has 1 atom stereocenters. The summed E-state index contributed by atoms with van der Waals surface area (Å²) in [5.74, 6) is 0.660. The maximum atomic E-state index is 12.3. The molecular weight excluding hydrogens is 282 g/mol. The summed E-state index contributed by atoms with van der Waals surface area (Å²) in [5.41, 5.74) is 3.92. The van der Waals surface area contributed by atoms with Gasteiger partial charge in [-0.05, 0) is 23.8 Å². The Kier molecular flexibility index (Phi) is 2.93. The highest BCUT2D eigenvalue weighted by Gasteiger charge is 2.34. The van der Waals surface area contributed by atoms with Gasteiger partial charge < -0.3 is 4.98 Å². The molecule has 1 aliphatic heterocycles. The van der Waals surface area contributed by atoms with Crippen molar-refractivity contribution in [3.8, 4) is 0 Å². The number of aromatic amines is 1. The standard InChI is InChI=1S/C16H13N3OS/c20-15-9-21-16(11-4-2-1-3-5-11)19(15)12-6-7-13-14(8-12)18-10-17-13/h1-8,10,16H,9H2,(H,17,18). The summed E-state index contributed by atoms with van der Waals surface area (Å²) in [6.07, 6.45) is 1.67. The molecule has 0 spiro atoms. The van der Waals surface area contributed by atoms with Crippen molar-refractivity contribution in [2.45, 2.75) is 5.37 Å². The van der Waals surface area contributed by atoms with Gasteiger partial charge in [0, 0.05) is 5.69 Å². The highest BCUT2D eigenvalue weighted by Crippen LogP contribution is 2.41. The van der Waals surface area contributed by atoms with Crippen molar-refractivity contribution in [1.29, 1.82) is 0 Å². The van der Waals surface area contributed by atoms with Crippen LogP contribution >= 0.6 is 11.8 Å². The first-order chi connectivity index (χ1) is 10.3. The number of carbonyl (C=O) groups is 1. The average molecular weight is 295 g/mol. The van der Waals surface area contributed by atoms with Gasteiger partial charge in [-0.2, -0.15) is 0 Å². The summed E-state index contributed by atoms with van der Waals surface area (Å²) in [4.78, 5) is 21.5. The number of nitrogens with one attached hydrogen (secondary N) is 1. The fraction of sp³-hybridized carbons (Fsp3) is 0.125. The smallest absolute Gasteiger partial charge is 0.238 e. The number of imidazole rings is 1. The van der Waals surface area contributed by atoms with Gasteiger partial charge in [0.05, 0.1) is 23.1 Å². The molecule has 1 N–H and O–H groups in total. The molecule has 1 fully saturated rings. The molecule has 1 aliphatic rings. The zero-order valence-corrected chi connectivity index (χ0v) is 12.0. The molecule has 1 unspecified atom stereocenters. The van der Waals surface area contributed by atoms with Gasteiger partial charge >= 0.3 is 0 Å². The summed E-state index contributed by atoms with van der Waals surface area (Å²) in [5, 5.41) is 0.0408. The average Bonchev–Trinajstić information content (AvgIpc) is 3.13. The lowest BCUT2D eigenvalue weighted by atomic mass is 10.2. The second kappa shape index (κ2) is 4.93. The molecule has 1 amide bonds. The highest BCUT2D eigenvalue weighted by atomic mass is 32.2. The number of carbonyl (C=O) groups excluding carboxylic acids is 1. The molecule has 1 saturated heterocycles. The van der Waals surface area contributed by atoms with Crippen LogP contribution < -0.4 is 4.90 Å². The Morgan fingerprint density at radius 1 is 1.19 bits per heavy atom. The predicted octanol–water partition coefficient (Wildman–Crippen LogP) is 3.34. The van der Waals surface area contributed by atoms with E-state index in [9.17, 15) is 4.79 Å². The van der Waals surface area contributed by atoms with Crippen LogP contribution in [0.4, 0.5) is 5.69 Å². The fourth-order valence-corrected chi connectivity index (χ4v) is 3.82. The van der Waals surface area contributed by atoms with Crippen molar-refractivity contribution < 1.29 is 4.79 Å². The minimum atomic E-state index is 0.0408. The zero-order valence-electron chi connectivity index (χ0n) is 11.2. The van der Waals surface area contributed by atoms with Crippen molar-refractivity contribution >= 4 is 34.4 Å². The van der Waals surface area contributed by atoms with E-state index in [1.165, 1.54) is 0 Å². The molecule has 4 nitrogen and oxygen atoms in total. The molecule has 104 valence electrons. The van der Waals surface area contributed by atoms with Crippen LogP contribution in [0.5, 0.6) is 0 Å². The van der Waals surface area contributed by atoms with E-state index < -0.39 is 0 Å². The number of rotatable bonds is 2. The van der Waals surface area contributed by atoms with E-state index in [-0.39, 0.29) is 11.3 Å². The largest absolute Gasteiger partial charge is 0.345 e. The van der Waals surface area contributed by atoms with Crippen LogP contribution in [0.25, 0.3) is 11.0 Å². The molecule has 2 aromatic carbocycles. The van der Waals surface area contributed by atoms with Gasteiger partial charge in [-0.15, -0.1) is 11.8 Å². The van der Waals surface area contributed by atoms with Gasteiger partial charge in [0.25, 0.3) is 0 Å². The van der Waals surface area contributed by atoms with Crippen LogP contribution in [0, 0.1) is 0 Å². The normalized spacial score (nSPS) is 18.6. The molecule has 21 heavy (non-hydrogen) atoms. The number of anilines is 1. The van der Waals surface area contributed by atoms with Crippen LogP contribution in [0.15, 0.2) is 54.9 Å². The minimum absolute atomic E-state index is 0.0408. The van der Waals surface area contributed by atoms with E-state index in [0.29, 0.717) is 5.75 Å². The lowest BCUT2D eigenvalue weighted by Gasteiger charge is -2.24. The molecular formula is C16H13N3OS. The summed E-state index contributed by atoms with van der Waals surface area (Å²) < 4.78 is 0. The third-order valence-corrected chi connectivity index (χ3v) is 4.85. The van der Waals surface area contributed by atoms with Crippen LogP contribution in [0.3, 0.4) is 0 Å². The maximum absolute atomic E-state index is 12.3. The van der Waals surface area contributed by atoms with Crippen molar-refractivity contribution in [2.75, 3.05) is 10.7 Å². The Morgan fingerprint density at radius 3 is 2.90 bits per heavy atom. The Bertz CT molecular complexity index is 799. The Morgan fingerprint density at radius 2 is 2.05 bits per heavy atom. The van der Waals surface area contributed by atoms with E-state index in [2.05, 4.69) is 22.1 Å². The van der Waals surface area contributed by atoms with Crippen molar-refractivity contribution in [1.82, 2.24) is 9.97 Å². The molecule has 4 rings (SSSR count). The number of hydrogen-bond donors (Lipinski definition) is 1. The molecule has 0 radical (unpaired) electrons. The van der Waals surface area contributed by atoms with Gasteiger partial charge in [-0.25, -0.2) is 4.98 Å². The lowest BCUT2D eigenvalue weighted by Crippen LogP contribution is -2.27. The highest BCUT2D eigenvalue weighted by molar-refractivity contribution is 8.00. The van der Waals surface area contributed by atoms with Crippen molar-refractivity contribution in [3.05, 3.63) is 60.4 Å². The first-order valence-electron chi connectivity index (χ1n) is 6.75. The Labute approximate surface area is 126 Å². The summed E-state index contributed by atoms with van der Waals surface area (Å²) in [6, 6.07) is 16.0. The SMILES string of the molecule is O=C1CSC(c2ccccc2)N1c1ccc2nc[nH]c2c1. The van der Waals surface area contributed by atoms with Crippen molar-refractivity contribution in [2.24, 2.45) is 0 Å². The number of H-pyrrole nitrogens is 1. The van der Waals surface area contributed by atoms with Crippen LogP contribution in [-0.4, -0.2) is 21.6 Å². The van der Waals surface area contributed by atoms with E-state index >= 15 is 0 Å². The summed E-state index contributed by atoms with van der Waals surface area (Å²) in [7, 11) is 0. The molecule has 0 saturated carbocycles. The molecule has 0 aliphatic carbocycles. The minimum Gasteiger partial charge on any atom is -0.345 e. The third-order valence-electron chi connectivity index (χ3n) is 3.63. The number of nitrogens with zero attached hydrogens (tertiary/aromatic N) is 2. The summed E-state index contributed by atoms with van der Waals surface area (Å²) >= 11 is 1.66. The second-order valence-corrected chi connectivity index (χ2v) is 6.01. The van der Waals surface area contributed by atoms with Gasteiger partial charge in [0.15, 0.2) is 0 Å². The zero-order chi connectivity index (χ0) is 14.2. The fourth-order valence-electron chi connectivity index (χ4n) is 2.64. The van der Waals surface area contributed by atoms with Crippen LogP contribution in [0.2, 0.25) is 0 Å². The molecule has 1 aromatic heterocycles. The van der Waals surface area contributed by atoms with E-state index in [4.69, 9.17) is 0 Å². The predicted molar refractivity (Wildman–Crippen MR) is 85.2 cm³/mol. The molecule has 2 heterocycles. The number of benzene rings is 2. The quantitative estimate of drug-likeness (QED) is 0.789. The van der Waals surface area contributed by atoms with Crippen LogP contribution in [0.1, 0.15) is 10.9 Å². The second-order valence-electron chi connectivity index (χ2n) is 4.94. The van der Waals surface area contributed by atoms with E-state index in [1.54, 1.807) is 18.1 Å². The van der Waals surface area contributed by atoms with Crippen molar-refractivity contribution in [3.63, 3.8) is 0 Å². The Balaban J connectivity index is 1.78. The molecule has 5 heteroatoms. The monoisotopic (exact) mass is 295 g/mol. The molecule has 0 bridgehead atoms. The number of aromatic nitrogens is 2. The molecule has 3 aromatic rings. The van der Waals surface area contributed by atoms with Gasteiger partial charge in [0.2, 0.25) is 5.91 Å². The van der Waals surface area contributed by atoms with E-state index in [0.717, 1.165) is 22.3 Å². The van der Waals surface area contributed by atoms with E-state index in [1.807, 2.05) is 41.3 Å². The number of thioether (sulfide) groups is 1. The first kappa shape index (κ1) is 12.5. The number of amides is 1. The number of fused-ring (bicyclic) bond motifs is 1. The van der Waals surface area contributed by atoms with Gasteiger partial charge in [0.1, 0.15) is 5.37 Å². The Hall–Kier alpha value is -2.27. The van der Waals surface area contributed by atoms with Gasteiger partial charge in [-0.1, -0.05) is 30.3 Å². The number of hydrogen-bond acceptors (Lipinski definition) is 3. The van der Waals surface area contributed by atoms with Crippen LogP contribution in [-0.2, 0) is 4.79 Å². The summed E-state index contributed by atoms with van der Waals surface area (Å²) in [6.45, 7) is 0. The topological polar surface area (TPSA) is 49.0 Å². The third kappa shape index (κ3) is 2.10. The first-order valence-corrected chi connectivity index (χ1v) is 7.79. The lowest BCUT2D eigenvalue weighted by molar-refractivity contribution is -0.115.